The number of anilines is 1. The molecule has 1 heterocycles. The van der Waals surface area contributed by atoms with Crippen LogP contribution in [0.3, 0.4) is 0 Å². The summed E-state index contributed by atoms with van der Waals surface area (Å²) < 4.78 is 0. The van der Waals surface area contributed by atoms with Crippen molar-refractivity contribution in [2.75, 3.05) is 24.5 Å². The lowest BCUT2D eigenvalue weighted by molar-refractivity contribution is -0.144. The van der Waals surface area contributed by atoms with Crippen molar-refractivity contribution in [2.45, 2.75) is 19.4 Å². The van der Waals surface area contributed by atoms with Crippen molar-refractivity contribution < 1.29 is 14.7 Å². The first-order valence-electron chi connectivity index (χ1n) is 8.98. The summed E-state index contributed by atoms with van der Waals surface area (Å²) in [6, 6.07) is 19.5. The fourth-order valence-electron chi connectivity index (χ4n) is 3.37. The molecular weight excluding hydrogens is 328 g/mol. The second-order valence-corrected chi connectivity index (χ2v) is 6.71. The van der Waals surface area contributed by atoms with Crippen molar-refractivity contribution in [2.24, 2.45) is 5.92 Å². The van der Waals surface area contributed by atoms with E-state index in [0.717, 1.165) is 24.2 Å². The van der Waals surface area contributed by atoms with Crippen molar-refractivity contribution in [3.63, 3.8) is 0 Å². The lowest BCUT2D eigenvalue weighted by atomic mass is 9.98. The summed E-state index contributed by atoms with van der Waals surface area (Å²) in [5, 5.41) is 9.25. The Morgan fingerprint density at radius 1 is 1.04 bits per heavy atom. The number of hydrogen-bond donors (Lipinski definition) is 1. The second-order valence-electron chi connectivity index (χ2n) is 6.71. The first-order chi connectivity index (χ1) is 12.6. The van der Waals surface area contributed by atoms with Gasteiger partial charge in [0.25, 0.3) is 0 Å². The molecule has 0 bridgehead atoms. The molecule has 2 aromatic rings. The third-order valence-corrected chi connectivity index (χ3v) is 4.77. The van der Waals surface area contributed by atoms with E-state index in [1.165, 1.54) is 0 Å². The molecular formula is C21H24N2O3. The summed E-state index contributed by atoms with van der Waals surface area (Å²) in [4.78, 5) is 28.0. The largest absolute Gasteiger partial charge is 0.481 e. The maximum absolute atomic E-state index is 13.0. The smallest absolute Gasteiger partial charge is 0.307 e. The van der Waals surface area contributed by atoms with E-state index in [0.29, 0.717) is 19.5 Å². The van der Waals surface area contributed by atoms with Crippen LogP contribution in [0.1, 0.15) is 18.4 Å². The van der Waals surface area contributed by atoms with Crippen molar-refractivity contribution in [3.05, 3.63) is 66.2 Å². The van der Waals surface area contributed by atoms with Crippen molar-refractivity contribution in [1.29, 1.82) is 0 Å². The summed E-state index contributed by atoms with van der Waals surface area (Å²) >= 11 is 0. The molecule has 0 aromatic heterocycles. The van der Waals surface area contributed by atoms with Gasteiger partial charge in [-0.15, -0.1) is 0 Å². The van der Waals surface area contributed by atoms with Gasteiger partial charge in [-0.2, -0.15) is 0 Å². The number of amides is 1. The molecule has 0 spiro atoms. The van der Waals surface area contributed by atoms with Crippen molar-refractivity contribution in [3.8, 4) is 0 Å². The van der Waals surface area contributed by atoms with Crippen LogP contribution in [0.15, 0.2) is 60.7 Å². The molecule has 1 saturated heterocycles. The number of nitrogens with zero attached hydrogens (tertiary/aromatic N) is 2. The number of carboxylic acids is 1. The number of carbonyl (C=O) groups is 2. The van der Waals surface area contributed by atoms with E-state index >= 15 is 0 Å². The van der Waals surface area contributed by atoms with Crippen LogP contribution in [0.5, 0.6) is 0 Å². The molecule has 0 saturated carbocycles. The van der Waals surface area contributed by atoms with Gasteiger partial charge in [0.1, 0.15) is 0 Å². The molecule has 0 aliphatic carbocycles. The number of carboxylic acid groups (broad SMARTS) is 1. The third-order valence-electron chi connectivity index (χ3n) is 4.77. The number of aliphatic carboxylic acids is 1. The predicted octanol–water partition coefficient (Wildman–Crippen LogP) is 3.02. The maximum atomic E-state index is 13.0. The summed E-state index contributed by atoms with van der Waals surface area (Å²) in [5.74, 6) is -1.16. The van der Waals surface area contributed by atoms with Gasteiger partial charge >= 0.3 is 5.97 Å². The van der Waals surface area contributed by atoms with Crippen LogP contribution in [0.25, 0.3) is 0 Å². The zero-order chi connectivity index (χ0) is 18.4. The van der Waals surface area contributed by atoms with Gasteiger partial charge in [-0.25, -0.2) is 0 Å². The Morgan fingerprint density at radius 3 is 2.35 bits per heavy atom. The van der Waals surface area contributed by atoms with E-state index in [1.54, 1.807) is 4.90 Å². The van der Waals surface area contributed by atoms with E-state index in [2.05, 4.69) is 0 Å². The molecule has 1 aliphatic heterocycles. The number of benzene rings is 2. The van der Waals surface area contributed by atoms with E-state index in [9.17, 15) is 14.7 Å². The van der Waals surface area contributed by atoms with Gasteiger partial charge in [0.05, 0.1) is 19.0 Å². The fourth-order valence-corrected chi connectivity index (χ4v) is 3.37. The monoisotopic (exact) mass is 352 g/mol. The predicted molar refractivity (Wildman–Crippen MR) is 101 cm³/mol. The fraction of sp³-hybridized carbons (Fsp3) is 0.333. The van der Waals surface area contributed by atoms with Crippen LogP contribution in [0, 0.1) is 5.92 Å². The average molecular weight is 352 g/mol. The Kier molecular flexibility index (Phi) is 6.02. The van der Waals surface area contributed by atoms with E-state index in [-0.39, 0.29) is 18.4 Å². The zero-order valence-electron chi connectivity index (χ0n) is 14.8. The summed E-state index contributed by atoms with van der Waals surface area (Å²) in [6.45, 7) is 1.95. The van der Waals surface area contributed by atoms with Crippen molar-refractivity contribution >= 4 is 17.6 Å². The number of para-hydroxylation sites is 1. The Morgan fingerprint density at radius 2 is 1.69 bits per heavy atom. The van der Waals surface area contributed by atoms with Gasteiger partial charge in [-0.05, 0) is 37.1 Å². The minimum Gasteiger partial charge on any atom is -0.481 e. The highest BCUT2D eigenvalue weighted by atomic mass is 16.4. The molecule has 1 fully saturated rings. The van der Waals surface area contributed by atoms with Crippen LogP contribution in [0.2, 0.25) is 0 Å². The number of hydrogen-bond acceptors (Lipinski definition) is 3. The molecule has 3 rings (SSSR count). The van der Waals surface area contributed by atoms with Gasteiger partial charge in [0.15, 0.2) is 0 Å². The lowest BCUT2D eigenvalue weighted by Crippen LogP contribution is -2.45. The molecule has 1 aliphatic rings. The number of carbonyl (C=O) groups excluding carboxylic acids is 1. The number of rotatable bonds is 6. The molecule has 5 heteroatoms. The Hall–Kier alpha value is -2.66. The Balaban J connectivity index is 1.73. The topological polar surface area (TPSA) is 60.9 Å². The van der Waals surface area contributed by atoms with Crippen LogP contribution < -0.4 is 4.90 Å². The van der Waals surface area contributed by atoms with Gasteiger partial charge in [0, 0.05) is 12.2 Å². The van der Waals surface area contributed by atoms with E-state index < -0.39 is 5.97 Å². The zero-order valence-corrected chi connectivity index (χ0v) is 14.8. The maximum Gasteiger partial charge on any atom is 0.307 e. The van der Waals surface area contributed by atoms with E-state index in [4.69, 9.17) is 0 Å². The summed E-state index contributed by atoms with van der Waals surface area (Å²) in [5.41, 5.74) is 1.92. The molecule has 0 radical (unpaired) electrons. The van der Waals surface area contributed by atoms with Gasteiger partial charge in [-0.3, -0.25) is 14.5 Å². The van der Waals surface area contributed by atoms with Crippen LogP contribution >= 0.6 is 0 Å². The first kappa shape index (κ1) is 18.1. The summed E-state index contributed by atoms with van der Waals surface area (Å²) in [6.07, 6.45) is 1.50. The molecule has 1 unspecified atom stereocenters. The van der Waals surface area contributed by atoms with Crippen LogP contribution in [-0.4, -0.2) is 41.5 Å². The molecule has 1 N–H and O–H groups in total. The molecule has 136 valence electrons. The Bertz CT molecular complexity index is 733. The third kappa shape index (κ3) is 4.70. The molecule has 5 nitrogen and oxygen atoms in total. The quantitative estimate of drug-likeness (QED) is 0.868. The van der Waals surface area contributed by atoms with E-state index in [1.807, 2.05) is 65.6 Å². The molecule has 1 amide bonds. The van der Waals surface area contributed by atoms with Gasteiger partial charge < -0.3 is 10.0 Å². The van der Waals surface area contributed by atoms with Gasteiger partial charge in [-0.1, -0.05) is 48.5 Å². The standard InChI is InChI=1S/C21H24N2O3/c24-20(16-22-13-7-10-18(15-22)21(25)26)23(19-11-5-2-6-12-19)14-17-8-3-1-4-9-17/h1-6,8-9,11-12,18H,7,10,13-16H2,(H,25,26). The highest BCUT2D eigenvalue weighted by molar-refractivity contribution is 5.94. The highest BCUT2D eigenvalue weighted by Gasteiger charge is 2.28. The number of piperidine rings is 1. The molecule has 26 heavy (non-hydrogen) atoms. The Labute approximate surface area is 153 Å². The second kappa shape index (κ2) is 8.63. The highest BCUT2D eigenvalue weighted by Crippen LogP contribution is 2.20. The average Bonchev–Trinajstić information content (AvgIpc) is 2.67. The molecule has 2 aromatic carbocycles. The SMILES string of the molecule is O=C(O)C1CCCN(CC(=O)N(Cc2ccccc2)c2ccccc2)C1. The normalized spacial score (nSPS) is 17.6. The first-order valence-corrected chi connectivity index (χ1v) is 8.98. The van der Waals surface area contributed by atoms with Crippen LogP contribution in [0.4, 0.5) is 5.69 Å². The number of likely N-dealkylation sites (tertiary alicyclic amines) is 1. The van der Waals surface area contributed by atoms with Crippen LogP contribution in [-0.2, 0) is 16.1 Å². The molecule has 1 atom stereocenters. The minimum atomic E-state index is -0.772. The minimum absolute atomic E-state index is 0.00825. The lowest BCUT2D eigenvalue weighted by Gasteiger charge is -2.32. The summed E-state index contributed by atoms with van der Waals surface area (Å²) in [7, 11) is 0. The van der Waals surface area contributed by atoms with Gasteiger partial charge in [0.2, 0.25) is 5.91 Å². The van der Waals surface area contributed by atoms with Crippen molar-refractivity contribution in [1.82, 2.24) is 4.90 Å².